The molecule has 3 rings (SSSR count). The number of nitrogens with zero attached hydrogens (tertiary/aromatic N) is 4. The highest BCUT2D eigenvalue weighted by molar-refractivity contribution is 7.16. The van der Waals surface area contributed by atoms with Gasteiger partial charge in [-0.25, -0.2) is 0 Å². The van der Waals surface area contributed by atoms with Crippen molar-refractivity contribution < 1.29 is 9.53 Å². The molecule has 1 unspecified atom stereocenters. The van der Waals surface area contributed by atoms with Gasteiger partial charge in [-0.2, -0.15) is 9.61 Å². The summed E-state index contributed by atoms with van der Waals surface area (Å²) >= 11 is 1.43. The van der Waals surface area contributed by atoms with Gasteiger partial charge in [0, 0.05) is 6.61 Å². The average molecular weight is 267 g/mol. The zero-order chi connectivity index (χ0) is 12.5. The normalized spacial score (nSPS) is 19.5. The summed E-state index contributed by atoms with van der Waals surface area (Å²) in [4.78, 5) is 12.5. The van der Waals surface area contributed by atoms with E-state index in [-0.39, 0.29) is 12.0 Å². The van der Waals surface area contributed by atoms with Crippen LogP contribution in [0.5, 0.6) is 0 Å². The summed E-state index contributed by atoms with van der Waals surface area (Å²) in [6, 6.07) is 0. The van der Waals surface area contributed by atoms with Crippen LogP contribution in [-0.4, -0.2) is 38.4 Å². The molecule has 1 amide bonds. The molecule has 3 heterocycles. The monoisotopic (exact) mass is 267 g/mol. The second-order valence-corrected chi connectivity index (χ2v) is 5.20. The lowest BCUT2D eigenvalue weighted by Gasteiger charge is -2.08. The van der Waals surface area contributed by atoms with Crippen molar-refractivity contribution in [3.05, 3.63) is 10.8 Å². The van der Waals surface area contributed by atoms with E-state index in [2.05, 4.69) is 20.6 Å². The summed E-state index contributed by atoms with van der Waals surface area (Å²) in [6.45, 7) is 2.93. The fourth-order valence-corrected chi connectivity index (χ4v) is 2.71. The molecule has 1 N–H and O–H groups in total. The Hall–Kier alpha value is -1.54. The number of rotatable bonds is 3. The molecule has 2 aromatic heterocycles. The molecule has 1 saturated heterocycles. The molecule has 0 aromatic carbocycles. The molecule has 1 fully saturated rings. The van der Waals surface area contributed by atoms with E-state index in [0.717, 1.165) is 28.6 Å². The fraction of sp³-hybridized carbons (Fsp3) is 0.600. The summed E-state index contributed by atoms with van der Waals surface area (Å²) in [5.74, 6) is 0.688. The molecule has 96 valence electrons. The number of amides is 1. The molecular formula is C10H13N5O2S. The Labute approximate surface area is 107 Å². The maximum Gasteiger partial charge on any atom is 0.249 e. The molecular weight excluding hydrogens is 254 g/mol. The number of carbonyl (C=O) groups excluding carboxylic acids is 1. The summed E-state index contributed by atoms with van der Waals surface area (Å²) in [5, 5.41) is 15.9. The Morgan fingerprint density at radius 2 is 2.50 bits per heavy atom. The van der Waals surface area contributed by atoms with Crippen molar-refractivity contribution >= 4 is 22.2 Å². The first-order valence-corrected chi connectivity index (χ1v) is 6.63. The van der Waals surface area contributed by atoms with E-state index in [1.807, 2.05) is 6.92 Å². The van der Waals surface area contributed by atoms with E-state index < -0.39 is 0 Å². The standard InChI is InChI=1S/C10H13N5O2S/c1-6-12-13-10-15(6)14-8(18-10)5-11-9(16)7-3-2-4-17-7/h7H,2-5H2,1H3,(H,11,16). The van der Waals surface area contributed by atoms with Gasteiger partial charge in [-0.3, -0.25) is 4.79 Å². The van der Waals surface area contributed by atoms with Crippen molar-refractivity contribution in [1.29, 1.82) is 0 Å². The number of carbonyl (C=O) groups is 1. The maximum absolute atomic E-state index is 11.7. The predicted octanol–water partition coefficient (Wildman–Crippen LogP) is 0.289. The fourth-order valence-electron chi connectivity index (χ4n) is 1.89. The lowest BCUT2D eigenvalue weighted by atomic mass is 10.2. The molecule has 0 radical (unpaired) electrons. The Balaban J connectivity index is 1.63. The molecule has 0 saturated carbocycles. The van der Waals surface area contributed by atoms with Crippen LogP contribution in [0, 0.1) is 6.92 Å². The van der Waals surface area contributed by atoms with Gasteiger partial charge in [0.1, 0.15) is 11.1 Å². The minimum absolute atomic E-state index is 0.0600. The van der Waals surface area contributed by atoms with E-state index in [1.165, 1.54) is 11.3 Å². The molecule has 1 aliphatic heterocycles. The van der Waals surface area contributed by atoms with Crippen LogP contribution in [0.25, 0.3) is 4.96 Å². The summed E-state index contributed by atoms with van der Waals surface area (Å²) in [7, 11) is 0. The van der Waals surface area contributed by atoms with Gasteiger partial charge in [-0.15, -0.1) is 10.2 Å². The Morgan fingerprint density at radius 1 is 1.61 bits per heavy atom. The van der Waals surface area contributed by atoms with Crippen LogP contribution in [0.3, 0.4) is 0 Å². The first kappa shape index (κ1) is 11.5. The number of aromatic nitrogens is 4. The van der Waals surface area contributed by atoms with Gasteiger partial charge >= 0.3 is 0 Å². The van der Waals surface area contributed by atoms with E-state index in [4.69, 9.17) is 4.74 Å². The SMILES string of the molecule is Cc1nnc2sc(CNC(=O)C3CCCO3)nn12. The van der Waals surface area contributed by atoms with Gasteiger partial charge in [0.2, 0.25) is 10.9 Å². The lowest BCUT2D eigenvalue weighted by Crippen LogP contribution is -2.33. The van der Waals surface area contributed by atoms with Crippen molar-refractivity contribution in [1.82, 2.24) is 25.1 Å². The highest BCUT2D eigenvalue weighted by Gasteiger charge is 2.23. The van der Waals surface area contributed by atoms with Crippen molar-refractivity contribution in [3.63, 3.8) is 0 Å². The Morgan fingerprint density at radius 3 is 3.22 bits per heavy atom. The number of ether oxygens (including phenoxy) is 1. The van der Waals surface area contributed by atoms with Crippen molar-refractivity contribution in [2.24, 2.45) is 0 Å². The minimum atomic E-state index is -0.294. The van der Waals surface area contributed by atoms with Gasteiger partial charge in [-0.05, 0) is 19.8 Å². The third kappa shape index (κ3) is 2.08. The highest BCUT2D eigenvalue weighted by atomic mass is 32.1. The zero-order valence-corrected chi connectivity index (χ0v) is 10.7. The number of fused-ring (bicyclic) bond motifs is 1. The number of nitrogens with one attached hydrogen (secondary N) is 1. The zero-order valence-electron chi connectivity index (χ0n) is 9.92. The smallest absolute Gasteiger partial charge is 0.249 e. The van der Waals surface area contributed by atoms with Crippen molar-refractivity contribution in [2.75, 3.05) is 6.61 Å². The van der Waals surface area contributed by atoms with Crippen molar-refractivity contribution in [2.45, 2.75) is 32.4 Å². The second-order valence-electron chi connectivity index (χ2n) is 4.16. The summed E-state index contributed by atoms with van der Waals surface area (Å²) in [6.07, 6.45) is 1.46. The molecule has 0 spiro atoms. The third-order valence-corrected chi connectivity index (χ3v) is 3.72. The molecule has 0 bridgehead atoms. The molecule has 0 aliphatic carbocycles. The number of aryl methyl sites for hydroxylation is 1. The quantitative estimate of drug-likeness (QED) is 0.864. The van der Waals surface area contributed by atoms with Gasteiger partial charge in [0.25, 0.3) is 0 Å². The average Bonchev–Trinajstić information content (AvgIpc) is 3.05. The molecule has 8 heteroatoms. The molecule has 18 heavy (non-hydrogen) atoms. The predicted molar refractivity (Wildman–Crippen MR) is 64.2 cm³/mol. The lowest BCUT2D eigenvalue weighted by molar-refractivity contribution is -0.130. The van der Waals surface area contributed by atoms with E-state index >= 15 is 0 Å². The van der Waals surface area contributed by atoms with E-state index in [1.54, 1.807) is 4.52 Å². The Kier molecular flexibility index (Phi) is 2.96. The second kappa shape index (κ2) is 4.62. The third-order valence-electron chi connectivity index (χ3n) is 2.82. The highest BCUT2D eigenvalue weighted by Crippen LogP contribution is 2.14. The topological polar surface area (TPSA) is 81.4 Å². The first-order chi connectivity index (χ1) is 8.74. The van der Waals surface area contributed by atoms with Gasteiger partial charge < -0.3 is 10.1 Å². The number of hydrogen-bond donors (Lipinski definition) is 1. The minimum Gasteiger partial charge on any atom is -0.368 e. The van der Waals surface area contributed by atoms with Crippen LogP contribution in [0.4, 0.5) is 0 Å². The molecule has 1 atom stereocenters. The largest absolute Gasteiger partial charge is 0.368 e. The summed E-state index contributed by atoms with van der Waals surface area (Å²) in [5.41, 5.74) is 0. The maximum atomic E-state index is 11.7. The van der Waals surface area contributed by atoms with E-state index in [9.17, 15) is 4.79 Å². The van der Waals surface area contributed by atoms with Crippen LogP contribution in [0.1, 0.15) is 23.7 Å². The molecule has 2 aromatic rings. The number of hydrogen-bond acceptors (Lipinski definition) is 6. The first-order valence-electron chi connectivity index (χ1n) is 5.81. The van der Waals surface area contributed by atoms with E-state index in [0.29, 0.717) is 13.2 Å². The van der Waals surface area contributed by atoms with Crippen LogP contribution < -0.4 is 5.32 Å². The summed E-state index contributed by atoms with van der Waals surface area (Å²) < 4.78 is 6.99. The van der Waals surface area contributed by atoms with Crippen molar-refractivity contribution in [3.8, 4) is 0 Å². The Bertz CT molecular complexity index is 572. The van der Waals surface area contributed by atoms with Gasteiger partial charge in [0.15, 0.2) is 5.82 Å². The molecule has 7 nitrogen and oxygen atoms in total. The van der Waals surface area contributed by atoms with Crippen LogP contribution in [0.2, 0.25) is 0 Å². The van der Waals surface area contributed by atoms with Crippen LogP contribution >= 0.6 is 11.3 Å². The van der Waals surface area contributed by atoms with Crippen LogP contribution in [-0.2, 0) is 16.1 Å². The van der Waals surface area contributed by atoms with Crippen LogP contribution in [0.15, 0.2) is 0 Å². The van der Waals surface area contributed by atoms with Gasteiger partial charge in [0.05, 0.1) is 6.54 Å². The molecule has 1 aliphatic rings. The van der Waals surface area contributed by atoms with Gasteiger partial charge in [-0.1, -0.05) is 11.3 Å².